The molecule has 1 saturated carbocycles. The average Bonchev–Trinajstić information content (AvgIpc) is 3.45. The van der Waals surface area contributed by atoms with Crippen LogP contribution in [-0.4, -0.2) is 62.6 Å². The molecule has 0 aromatic heterocycles. The number of amides is 1. The largest absolute Gasteiger partial charge is 0.573 e. The van der Waals surface area contributed by atoms with Crippen molar-refractivity contribution in [1.82, 2.24) is 15.5 Å². The zero-order valence-electron chi connectivity index (χ0n) is 16.3. The molecule has 2 N–H and O–H groups in total. The predicted octanol–water partition coefficient (Wildman–Crippen LogP) is 2.84. The van der Waals surface area contributed by atoms with Crippen LogP contribution in [0.4, 0.5) is 18.0 Å². The lowest BCUT2D eigenvalue weighted by Gasteiger charge is -2.32. The second-order valence-corrected chi connectivity index (χ2v) is 7.13. The summed E-state index contributed by atoms with van der Waals surface area (Å²) in [6, 6.07) is 6.36. The fourth-order valence-electron chi connectivity index (χ4n) is 3.58. The Balaban J connectivity index is 1.52. The van der Waals surface area contributed by atoms with E-state index in [1.54, 1.807) is 24.1 Å². The normalized spacial score (nSPS) is 22.8. The Morgan fingerprint density at radius 2 is 1.90 bits per heavy atom. The summed E-state index contributed by atoms with van der Waals surface area (Å²) in [4.78, 5) is 17.4. The third-order valence-corrected chi connectivity index (χ3v) is 5.15. The maximum absolute atomic E-state index is 12.6. The van der Waals surface area contributed by atoms with Crippen LogP contribution < -0.4 is 15.4 Å². The van der Waals surface area contributed by atoms with E-state index in [-0.39, 0.29) is 29.8 Å². The van der Waals surface area contributed by atoms with Gasteiger partial charge in [-0.3, -0.25) is 4.99 Å². The minimum Gasteiger partial charge on any atom is -0.453 e. The van der Waals surface area contributed by atoms with E-state index in [1.165, 1.54) is 19.2 Å². The van der Waals surface area contributed by atoms with Crippen molar-refractivity contribution < 1.29 is 27.4 Å². The molecule has 0 spiro atoms. The van der Waals surface area contributed by atoms with Crippen LogP contribution in [0.3, 0.4) is 0 Å². The highest BCUT2D eigenvalue weighted by molar-refractivity contribution is 5.81. The number of piperidine rings is 1. The number of nitrogens with zero attached hydrogens (tertiary/aromatic N) is 2. The molecule has 160 valence electrons. The van der Waals surface area contributed by atoms with E-state index in [4.69, 9.17) is 4.74 Å². The van der Waals surface area contributed by atoms with Crippen molar-refractivity contribution in [2.45, 2.75) is 43.6 Å². The van der Waals surface area contributed by atoms with Crippen LogP contribution in [-0.2, 0) is 4.74 Å². The fourth-order valence-corrected chi connectivity index (χ4v) is 3.58. The standard InChI is InChI=1S/C19H25F3N4O3/c1-23-17(24-12-7-9-26(10-8-12)18(27)28-2)25-15-11-14(15)13-5-3-4-6-16(13)29-19(20,21)22/h3-6,12,14-15H,7-11H2,1-2H3,(H2,23,24,25). The van der Waals surface area contributed by atoms with Gasteiger partial charge in [-0.05, 0) is 30.9 Å². The number of methoxy groups -OCH3 is 1. The molecule has 10 heteroatoms. The van der Waals surface area contributed by atoms with Crippen LogP contribution in [0.1, 0.15) is 30.7 Å². The monoisotopic (exact) mass is 414 g/mol. The number of nitrogens with one attached hydrogen (secondary N) is 2. The second kappa shape index (κ2) is 8.79. The molecule has 0 bridgehead atoms. The Kier molecular flexibility index (Phi) is 6.39. The van der Waals surface area contributed by atoms with Crippen molar-refractivity contribution in [3.05, 3.63) is 29.8 Å². The number of aliphatic imine (C=N–C) groups is 1. The Labute approximate surface area is 167 Å². The number of carbonyl (C=O) groups excluding carboxylic acids is 1. The predicted molar refractivity (Wildman–Crippen MR) is 101 cm³/mol. The van der Waals surface area contributed by atoms with Gasteiger partial charge in [0.2, 0.25) is 0 Å². The van der Waals surface area contributed by atoms with Gasteiger partial charge in [0, 0.05) is 38.1 Å². The summed E-state index contributed by atoms with van der Waals surface area (Å²) in [6.45, 7) is 1.19. The molecule has 2 atom stereocenters. The van der Waals surface area contributed by atoms with Gasteiger partial charge in [0.25, 0.3) is 0 Å². The van der Waals surface area contributed by atoms with Crippen molar-refractivity contribution in [1.29, 1.82) is 0 Å². The molecular formula is C19H25F3N4O3. The highest BCUT2D eigenvalue weighted by atomic mass is 19.4. The average molecular weight is 414 g/mol. The first-order valence-corrected chi connectivity index (χ1v) is 9.48. The van der Waals surface area contributed by atoms with E-state index in [0.717, 1.165) is 12.8 Å². The number of hydrogen-bond donors (Lipinski definition) is 2. The van der Waals surface area contributed by atoms with E-state index in [9.17, 15) is 18.0 Å². The van der Waals surface area contributed by atoms with Gasteiger partial charge in [0.1, 0.15) is 5.75 Å². The second-order valence-electron chi connectivity index (χ2n) is 7.13. The summed E-state index contributed by atoms with van der Waals surface area (Å²) in [5.41, 5.74) is 0.532. The first-order chi connectivity index (χ1) is 13.8. The van der Waals surface area contributed by atoms with Crippen LogP contribution >= 0.6 is 0 Å². The van der Waals surface area contributed by atoms with Crippen LogP contribution in [0.15, 0.2) is 29.3 Å². The molecule has 2 unspecified atom stereocenters. The molecule has 1 aliphatic carbocycles. The Bertz CT molecular complexity index is 748. The van der Waals surface area contributed by atoms with E-state index < -0.39 is 6.36 Å². The number of ether oxygens (including phenoxy) is 2. The molecule has 0 radical (unpaired) electrons. The molecule has 1 aromatic rings. The van der Waals surface area contributed by atoms with Gasteiger partial charge in [-0.2, -0.15) is 0 Å². The molecule has 29 heavy (non-hydrogen) atoms. The molecule has 7 nitrogen and oxygen atoms in total. The van der Waals surface area contributed by atoms with Crippen molar-refractivity contribution >= 4 is 12.1 Å². The van der Waals surface area contributed by atoms with Gasteiger partial charge in [0.15, 0.2) is 5.96 Å². The maximum atomic E-state index is 12.6. The number of alkyl halides is 3. The zero-order chi connectivity index (χ0) is 21.0. The Morgan fingerprint density at radius 1 is 1.21 bits per heavy atom. The van der Waals surface area contributed by atoms with E-state index in [1.807, 2.05) is 0 Å². The molecule has 2 fully saturated rings. The van der Waals surface area contributed by atoms with Gasteiger partial charge in [-0.1, -0.05) is 18.2 Å². The number of likely N-dealkylation sites (tertiary alicyclic amines) is 1. The lowest BCUT2D eigenvalue weighted by molar-refractivity contribution is -0.274. The maximum Gasteiger partial charge on any atom is 0.573 e. The van der Waals surface area contributed by atoms with Gasteiger partial charge < -0.3 is 25.0 Å². The highest BCUT2D eigenvalue weighted by Crippen LogP contribution is 2.45. The van der Waals surface area contributed by atoms with Gasteiger partial charge in [-0.25, -0.2) is 4.79 Å². The third-order valence-electron chi connectivity index (χ3n) is 5.15. The summed E-state index contributed by atoms with van der Waals surface area (Å²) in [5, 5.41) is 6.60. The van der Waals surface area contributed by atoms with Crippen molar-refractivity contribution in [2.24, 2.45) is 4.99 Å². The van der Waals surface area contributed by atoms with Gasteiger partial charge >= 0.3 is 12.5 Å². The molecule has 3 rings (SSSR count). The third kappa shape index (κ3) is 5.68. The van der Waals surface area contributed by atoms with Crippen molar-refractivity contribution in [3.63, 3.8) is 0 Å². The summed E-state index contributed by atoms with van der Waals surface area (Å²) in [5.74, 6) is 0.365. The Hall–Kier alpha value is -2.65. The first kappa shape index (κ1) is 21.1. The summed E-state index contributed by atoms with van der Waals surface area (Å²) < 4.78 is 46.8. The van der Waals surface area contributed by atoms with Gasteiger partial charge in [0.05, 0.1) is 7.11 Å². The van der Waals surface area contributed by atoms with Crippen LogP contribution in [0, 0.1) is 0 Å². The number of halogens is 3. The van der Waals surface area contributed by atoms with Gasteiger partial charge in [-0.15, -0.1) is 13.2 Å². The number of carbonyl (C=O) groups is 1. The van der Waals surface area contributed by atoms with E-state index in [0.29, 0.717) is 31.0 Å². The van der Waals surface area contributed by atoms with Crippen molar-refractivity contribution in [3.8, 4) is 5.75 Å². The summed E-state index contributed by atoms with van der Waals surface area (Å²) >= 11 is 0. The first-order valence-electron chi connectivity index (χ1n) is 9.48. The highest BCUT2D eigenvalue weighted by Gasteiger charge is 2.42. The molecule has 2 aliphatic rings. The van der Waals surface area contributed by atoms with Crippen LogP contribution in [0.2, 0.25) is 0 Å². The van der Waals surface area contributed by atoms with Crippen LogP contribution in [0.25, 0.3) is 0 Å². The smallest absolute Gasteiger partial charge is 0.453 e. The minimum atomic E-state index is -4.72. The number of para-hydroxylation sites is 1. The van der Waals surface area contributed by atoms with Crippen molar-refractivity contribution in [2.75, 3.05) is 27.2 Å². The number of rotatable bonds is 4. The van der Waals surface area contributed by atoms with Crippen LogP contribution in [0.5, 0.6) is 5.75 Å². The van der Waals surface area contributed by atoms with E-state index in [2.05, 4.69) is 20.4 Å². The summed E-state index contributed by atoms with van der Waals surface area (Å²) in [7, 11) is 3.01. The SMILES string of the molecule is CN=C(NC1CCN(C(=O)OC)CC1)NC1CC1c1ccccc1OC(F)(F)F. The van der Waals surface area contributed by atoms with E-state index >= 15 is 0 Å². The molecule has 1 amide bonds. The molecule has 1 heterocycles. The zero-order valence-corrected chi connectivity index (χ0v) is 16.3. The molecular weight excluding hydrogens is 389 g/mol. The molecule has 1 saturated heterocycles. The fraction of sp³-hybridized carbons (Fsp3) is 0.579. The molecule has 1 aliphatic heterocycles. The minimum absolute atomic E-state index is 0.0191. The number of guanidine groups is 1. The quantitative estimate of drug-likeness (QED) is 0.586. The topological polar surface area (TPSA) is 75.2 Å². The number of benzene rings is 1. The molecule has 1 aromatic carbocycles. The summed E-state index contributed by atoms with van der Waals surface area (Å²) in [6.07, 6.45) is -2.84. The number of hydrogen-bond acceptors (Lipinski definition) is 4. The lowest BCUT2D eigenvalue weighted by atomic mass is 10.1. The lowest BCUT2D eigenvalue weighted by Crippen LogP contribution is -2.50. The Morgan fingerprint density at radius 3 is 2.52 bits per heavy atom.